The molecule has 0 heterocycles. The van der Waals surface area contributed by atoms with Gasteiger partial charge >= 0.3 is 0 Å². The van der Waals surface area contributed by atoms with Crippen LogP contribution in [-0.2, 0) is 0 Å². The lowest BCUT2D eigenvalue weighted by Gasteiger charge is -2.13. The zero-order valence-corrected chi connectivity index (χ0v) is 7.89. The maximum atomic E-state index is 7.00. The van der Waals surface area contributed by atoms with Crippen LogP contribution in [0.1, 0.15) is 20.3 Å². The molecule has 64 valence electrons. The van der Waals surface area contributed by atoms with Gasteiger partial charge in [0.1, 0.15) is 0 Å². The third-order valence-electron chi connectivity index (χ3n) is 1.37. The van der Waals surface area contributed by atoms with Gasteiger partial charge in [-0.1, -0.05) is 20.3 Å². The molecular formula is C8H21NO. The van der Waals surface area contributed by atoms with Gasteiger partial charge in [-0.2, -0.15) is 0 Å². The molecule has 0 radical (unpaired) electrons. The van der Waals surface area contributed by atoms with Crippen LogP contribution in [0.2, 0.25) is 0 Å². The fraction of sp³-hybridized carbons (Fsp3) is 1.00. The maximum Gasteiger partial charge on any atom is 0.0319 e. The van der Waals surface area contributed by atoms with E-state index in [2.05, 4.69) is 32.8 Å². The molecule has 0 aliphatic rings. The fourth-order valence-electron chi connectivity index (χ4n) is 0.752. The highest BCUT2D eigenvalue weighted by Gasteiger charge is 1.97. The molecule has 1 atom stereocenters. The van der Waals surface area contributed by atoms with Crippen molar-refractivity contribution < 1.29 is 5.11 Å². The van der Waals surface area contributed by atoms with Crippen molar-refractivity contribution in [1.29, 1.82) is 0 Å². The van der Waals surface area contributed by atoms with Crippen LogP contribution >= 0.6 is 0 Å². The van der Waals surface area contributed by atoms with E-state index in [0.717, 1.165) is 13.0 Å². The first-order chi connectivity index (χ1) is 4.66. The number of hydrogen-bond donors (Lipinski definition) is 1. The molecule has 0 aliphatic carbocycles. The van der Waals surface area contributed by atoms with Gasteiger partial charge < -0.3 is 10.0 Å². The highest BCUT2D eigenvalue weighted by Crippen LogP contribution is 1.99. The molecule has 0 saturated carbocycles. The monoisotopic (exact) mass is 147 g/mol. The van der Waals surface area contributed by atoms with Crippen LogP contribution in [0.15, 0.2) is 0 Å². The molecule has 2 nitrogen and oxygen atoms in total. The molecule has 1 unspecified atom stereocenters. The second-order valence-corrected chi connectivity index (χ2v) is 2.78. The zero-order chi connectivity index (χ0) is 8.57. The lowest BCUT2D eigenvalue weighted by molar-refractivity contribution is 0.334. The third kappa shape index (κ3) is 10.8. The Bertz CT molecular complexity index is 55.2. The molecule has 0 aromatic heterocycles. The summed E-state index contributed by atoms with van der Waals surface area (Å²) >= 11 is 0. The topological polar surface area (TPSA) is 23.5 Å². The predicted molar refractivity (Wildman–Crippen MR) is 46.2 cm³/mol. The molecule has 10 heavy (non-hydrogen) atoms. The summed E-state index contributed by atoms with van der Waals surface area (Å²) in [5.41, 5.74) is 0. The van der Waals surface area contributed by atoms with E-state index in [9.17, 15) is 0 Å². The number of hydrogen-bond acceptors (Lipinski definition) is 2. The average Bonchev–Trinajstić information content (AvgIpc) is 1.91. The Labute approximate surface area is 64.9 Å². The Morgan fingerprint density at radius 2 is 1.70 bits per heavy atom. The van der Waals surface area contributed by atoms with Crippen LogP contribution in [0.3, 0.4) is 0 Å². The van der Waals surface area contributed by atoms with Gasteiger partial charge in [0.25, 0.3) is 0 Å². The van der Waals surface area contributed by atoms with Crippen molar-refractivity contribution in [3.63, 3.8) is 0 Å². The smallest absolute Gasteiger partial charge is 0.0319 e. The molecule has 1 N–H and O–H groups in total. The highest BCUT2D eigenvalue weighted by atomic mass is 16.2. The quantitative estimate of drug-likeness (QED) is 0.648. The second-order valence-electron chi connectivity index (χ2n) is 2.78. The zero-order valence-electron chi connectivity index (χ0n) is 7.89. The summed E-state index contributed by atoms with van der Waals surface area (Å²) in [6, 6.07) is 0. The summed E-state index contributed by atoms with van der Waals surface area (Å²) in [6.07, 6.45) is 1.29. The Morgan fingerprint density at radius 3 is 1.80 bits per heavy atom. The summed E-state index contributed by atoms with van der Waals surface area (Å²) < 4.78 is 0. The molecule has 0 spiro atoms. The van der Waals surface area contributed by atoms with Gasteiger partial charge in [0, 0.05) is 13.7 Å². The van der Waals surface area contributed by atoms with Crippen LogP contribution in [0.25, 0.3) is 0 Å². The first-order valence-electron chi connectivity index (χ1n) is 3.76. The van der Waals surface area contributed by atoms with Gasteiger partial charge in [0.05, 0.1) is 0 Å². The lowest BCUT2D eigenvalue weighted by Crippen LogP contribution is -2.18. The van der Waals surface area contributed by atoms with Crippen LogP contribution in [-0.4, -0.2) is 37.8 Å². The van der Waals surface area contributed by atoms with Crippen molar-refractivity contribution in [1.82, 2.24) is 4.90 Å². The number of aliphatic hydroxyl groups excluding tert-OH is 1. The molecule has 0 aromatic carbocycles. The Hall–Kier alpha value is -0.0800. The third-order valence-corrected chi connectivity index (χ3v) is 1.37. The minimum Gasteiger partial charge on any atom is -0.400 e. The second kappa shape index (κ2) is 8.92. The van der Waals surface area contributed by atoms with Crippen LogP contribution < -0.4 is 0 Å². The fourth-order valence-corrected chi connectivity index (χ4v) is 0.752. The van der Waals surface area contributed by atoms with Crippen molar-refractivity contribution in [2.75, 3.05) is 27.7 Å². The largest absolute Gasteiger partial charge is 0.400 e. The van der Waals surface area contributed by atoms with E-state index in [1.165, 1.54) is 13.0 Å². The minimum absolute atomic E-state index is 0.852. The number of rotatable bonds is 3. The summed E-state index contributed by atoms with van der Waals surface area (Å²) in [4.78, 5) is 2.23. The van der Waals surface area contributed by atoms with E-state index in [4.69, 9.17) is 5.11 Å². The maximum absolute atomic E-state index is 7.00. The van der Waals surface area contributed by atoms with Crippen molar-refractivity contribution >= 4 is 0 Å². The molecular weight excluding hydrogens is 126 g/mol. The lowest BCUT2D eigenvalue weighted by atomic mass is 10.1. The van der Waals surface area contributed by atoms with E-state index in [-0.39, 0.29) is 0 Å². The van der Waals surface area contributed by atoms with Gasteiger partial charge in [-0.3, -0.25) is 0 Å². The summed E-state index contributed by atoms with van der Waals surface area (Å²) in [5.74, 6) is 0.852. The van der Waals surface area contributed by atoms with Crippen molar-refractivity contribution in [2.45, 2.75) is 20.3 Å². The van der Waals surface area contributed by atoms with E-state index in [1.54, 1.807) is 0 Å². The van der Waals surface area contributed by atoms with Gasteiger partial charge in [-0.05, 0) is 20.0 Å². The van der Waals surface area contributed by atoms with E-state index < -0.39 is 0 Å². The highest BCUT2D eigenvalue weighted by molar-refractivity contribution is 4.51. The van der Waals surface area contributed by atoms with Gasteiger partial charge in [-0.25, -0.2) is 0 Å². The number of aliphatic hydroxyl groups is 1. The minimum atomic E-state index is 0.852. The van der Waals surface area contributed by atoms with Crippen LogP contribution in [0, 0.1) is 5.92 Å². The standard InChI is InChI=1S/C7H17N.CH4O/c1-5-7(2)6-8(3)4;1-2/h7H,5-6H2,1-4H3;2H,1H3. The molecule has 0 fully saturated rings. The molecule has 0 aromatic rings. The van der Waals surface area contributed by atoms with E-state index in [0.29, 0.717) is 0 Å². The summed E-state index contributed by atoms with van der Waals surface area (Å²) in [7, 11) is 5.23. The predicted octanol–water partition coefficient (Wildman–Crippen LogP) is 1.20. The first-order valence-corrected chi connectivity index (χ1v) is 3.76. The number of nitrogens with zero attached hydrogens (tertiary/aromatic N) is 1. The van der Waals surface area contributed by atoms with Crippen LogP contribution in [0.4, 0.5) is 0 Å². The Balaban J connectivity index is 0. The van der Waals surface area contributed by atoms with Gasteiger partial charge in [0.15, 0.2) is 0 Å². The molecule has 0 rings (SSSR count). The first kappa shape index (κ1) is 12.6. The normalized spacial score (nSPS) is 12.3. The molecule has 0 aliphatic heterocycles. The molecule has 0 amide bonds. The van der Waals surface area contributed by atoms with Crippen molar-refractivity contribution in [3.05, 3.63) is 0 Å². The van der Waals surface area contributed by atoms with Crippen molar-refractivity contribution in [2.24, 2.45) is 5.92 Å². The van der Waals surface area contributed by atoms with E-state index >= 15 is 0 Å². The van der Waals surface area contributed by atoms with Gasteiger partial charge in [0.2, 0.25) is 0 Å². The molecule has 0 saturated heterocycles. The SMILES string of the molecule is CCC(C)CN(C)C.CO. The van der Waals surface area contributed by atoms with E-state index in [1.807, 2.05) is 0 Å². The molecule has 2 heteroatoms. The summed E-state index contributed by atoms with van der Waals surface area (Å²) in [5, 5.41) is 7.00. The Morgan fingerprint density at radius 1 is 1.30 bits per heavy atom. The van der Waals surface area contributed by atoms with Gasteiger partial charge in [-0.15, -0.1) is 0 Å². The molecule has 0 bridgehead atoms. The van der Waals surface area contributed by atoms with Crippen LogP contribution in [0.5, 0.6) is 0 Å². The Kier molecular flexibility index (Phi) is 11.2. The average molecular weight is 147 g/mol. The van der Waals surface area contributed by atoms with Crippen molar-refractivity contribution in [3.8, 4) is 0 Å². The summed E-state index contributed by atoms with van der Waals surface area (Å²) in [6.45, 7) is 5.73.